The van der Waals surface area contributed by atoms with Crippen LogP contribution < -0.4 is 10.1 Å². The predicted octanol–water partition coefficient (Wildman–Crippen LogP) is 2.00. The molecule has 20 heavy (non-hydrogen) atoms. The number of amidine groups is 1. The summed E-state index contributed by atoms with van der Waals surface area (Å²) in [4.78, 5) is 11.0. The molecule has 2 N–H and O–H groups in total. The van der Waals surface area contributed by atoms with E-state index >= 15 is 0 Å². The monoisotopic (exact) mass is 313 g/mol. The zero-order valence-electron chi connectivity index (χ0n) is 10.6. The van der Waals surface area contributed by atoms with Crippen LogP contribution in [0.4, 0.5) is 0 Å². The lowest BCUT2D eigenvalue weighted by molar-refractivity contribution is -0.116. The largest absolute Gasteiger partial charge is 0.503 e. The molecule has 1 aliphatic heterocycles. The van der Waals surface area contributed by atoms with Gasteiger partial charge in [0.25, 0.3) is 0 Å². The van der Waals surface area contributed by atoms with Crippen molar-refractivity contribution < 1.29 is 14.6 Å². The summed E-state index contributed by atoms with van der Waals surface area (Å²) in [6, 6.07) is 3.15. The molecule has 1 aromatic carbocycles. The van der Waals surface area contributed by atoms with Crippen LogP contribution in [0.2, 0.25) is 5.02 Å². The molecule has 6 nitrogen and oxygen atoms in total. The molecule has 1 aliphatic rings. The highest BCUT2D eigenvalue weighted by atomic mass is 35.5. The fourth-order valence-corrected chi connectivity index (χ4v) is 2.31. The molecule has 1 saturated heterocycles. The van der Waals surface area contributed by atoms with Crippen LogP contribution in [0.1, 0.15) is 12.5 Å². The van der Waals surface area contributed by atoms with Gasteiger partial charge in [0.15, 0.2) is 16.7 Å². The molecular weight excluding hydrogens is 302 g/mol. The smallest absolute Gasteiger partial charge is 0.236 e. The molecule has 8 heteroatoms. The van der Waals surface area contributed by atoms with Crippen LogP contribution in [0.3, 0.4) is 0 Å². The number of hydrogen-bond donors (Lipinski definition) is 2. The van der Waals surface area contributed by atoms with Gasteiger partial charge in [-0.15, -0.1) is 5.10 Å². The van der Waals surface area contributed by atoms with Gasteiger partial charge in [0.05, 0.1) is 23.6 Å². The van der Waals surface area contributed by atoms with Crippen LogP contribution in [0.5, 0.6) is 11.5 Å². The van der Waals surface area contributed by atoms with E-state index < -0.39 is 0 Å². The summed E-state index contributed by atoms with van der Waals surface area (Å²) in [6.07, 6.45) is 1.46. The van der Waals surface area contributed by atoms with Crippen molar-refractivity contribution in [3.63, 3.8) is 0 Å². The fourth-order valence-electron chi connectivity index (χ4n) is 1.46. The topological polar surface area (TPSA) is 83.3 Å². The van der Waals surface area contributed by atoms with Crippen molar-refractivity contribution in [3.05, 3.63) is 22.7 Å². The Morgan fingerprint density at radius 3 is 3.05 bits per heavy atom. The van der Waals surface area contributed by atoms with Crippen molar-refractivity contribution in [2.75, 3.05) is 12.4 Å². The van der Waals surface area contributed by atoms with Crippen LogP contribution in [0.25, 0.3) is 0 Å². The summed E-state index contributed by atoms with van der Waals surface area (Å²) in [5.74, 6) is 0.456. The maximum absolute atomic E-state index is 11.0. The number of phenols is 1. The number of nitrogens with one attached hydrogen (secondary N) is 1. The Morgan fingerprint density at radius 1 is 1.60 bits per heavy atom. The van der Waals surface area contributed by atoms with Crippen LogP contribution in [0.15, 0.2) is 22.3 Å². The van der Waals surface area contributed by atoms with Crippen LogP contribution >= 0.6 is 23.4 Å². The molecule has 1 fully saturated rings. The number of halogens is 1. The number of amides is 1. The molecule has 0 aliphatic carbocycles. The number of benzene rings is 1. The van der Waals surface area contributed by atoms with E-state index in [2.05, 4.69) is 15.5 Å². The molecular formula is C12H12ClN3O3S. The predicted molar refractivity (Wildman–Crippen MR) is 79.9 cm³/mol. The third-order valence-corrected chi connectivity index (χ3v) is 3.44. The van der Waals surface area contributed by atoms with E-state index in [1.54, 1.807) is 19.1 Å². The molecule has 0 radical (unpaired) electrons. The fraction of sp³-hybridized carbons (Fsp3) is 0.250. The van der Waals surface area contributed by atoms with Gasteiger partial charge in [0.1, 0.15) is 0 Å². The van der Waals surface area contributed by atoms with Crippen molar-refractivity contribution in [2.24, 2.45) is 10.2 Å². The van der Waals surface area contributed by atoms with Crippen molar-refractivity contribution in [1.29, 1.82) is 0 Å². The lowest BCUT2D eigenvalue weighted by Crippen LogP contribution is -2.19. The SMILES string of the molecule is CCOc1cc(C=NN=C2NC(=O)CS2)cc(Cl)c1O. The first-order valence-corrected chi connectivity index (χ1v) is 7.15. The molecule has 0 spiro atoms. The molecule has 0 atom stereocenters. The maximum atomic E-state index is 11.0. The Morgan fingerprint density at radius 2 is 2.40 bits per heavy atom. The number of carbonyl (C=O) groups excluding carboxylic acids is 1. The lowest BCUT2D eigenvalue weighted by atomic mass is 10.2. The van der Waals surface area contributed by atoms with Gasteiger partial charge in [0.2, 0.25) is 5.91 Å². The van der Waals surface area contributed by atoms with E-state index in [0.717, 1.165) is 0 Å². The summed E-state index contributed by atoms with van der Waals surface area (Å²) in [5.41, 5.74) is 0.634. The minimum Gasteiger partial charge on any atom is -0.503 e. The molecule has 1 heterocycles. The van der Waals surface area contributed by atoms with E-state index in [9.17, 15) is 9.90 Å². The lowest BCUT2D eigenvalue weighted by Gasteiger charge is -2.07. The Bertz CT molecular complexity index is 590. The van der Waals surface area contributed by atoms with E-state index in [1.165, 1.54) is 18.0 Å². The van der Waals surface area contributed by atoms with Crippen molar-refractivity contribution in [1.82, 2.24) is 5.32 Å². The van der Waals surface area contributed by atoms with Gasteiger partial charge in [-0.2, -0.15) is 5.10 Å². The first-order valence-electron chi connectivity index (χ1n) is 5.79. The van der Waals surface area contributed by atoms with Crippen LogP contribution in [-0.2, 0) is 4.79 Å². The molecule has 2 rings (SSSR count). The standard InChI is InChI=1S/C12H12ClN3O3S/c1-2-19-9-4-7(3-8(13)11(9)18)5-14-16-12-15-10(17)6-20-12/h3-5,18H,2,6H2,1H3,(H,15,16,17). The zero-order valence-corrected chi connectivity index (χ0v) is 12.2. The summed E-state index contributed by atoms with van der Waals surface area (Å²) in [5, 5.41) is 20.6. The van der Waals surface area contributed by atoms with Crippen molar-refractivity contribution in [3.8, 4) is 11.5 Å². The molecule has 106 valence electrons. The number of phenolic OH excluding ortho intramolecular Hbond substituents is 1. The molecule has 0 unspecified atom stereocenters. The van der Waals surface area contributed by atoms with Gasteiger partial charge in [-0.3, -0.25) is 4.79 Å². The first kappa shape index (κ1) is 14.7. The molecule has 0 saturated carbocycles. The second-order valence-corrected chi connectivity index (χ2v) is 5.14. The summed E-state index contributed by atoms with van der Waals surface area (Å²) >= 11 is 7.18. The Balaban J connectivity index is 2.15. The van der Waals surface area contributed by atoms with Crippen molar-refractivity contribution in [2.45, 2.75) is 6.92 Å². The highest BCUT2D eigenvalue weighted by molar-refractivity contribution is 8.15. The molecule has 0 aromatic heterocycles. The first-order chi connectivity index (χ1) is 9.60. The van der Waals surface area contributed by atoms with Gasteiger partial charge >= 0.3 is 0 Å². The number of carbonyl (C=O) groups is 1. The normalized spacial score (nSPS) is 16.9. The highest BCUT2D eigenvalue weighted by Gasteiger charge is 2.16. The van der Waals surface area contributed by atoms with Crippen LogP contribution in [0, 0.1) is 0 Å². The number of aromatic hydroxyl groups is 1. The number of thioether (sulfide) groups is 1. The summed E-state index contributed by atoms with van der Waals surface area (Å²) in [6.45, 7) is 2.22. The molecule has 0 bridgehead atoms. The Kier molecular flexibility index (Phi) is 4.86. The van der Waals surface area contributed by atoms with E-state index in [-0.39, 0.29) is 22.4 Å². The van der Waals surface area contributed by atoms with E-state index in [0.29, 0.717) is 23.1 Å². The van der Waals surface area contributed by atoms with Gasteiger partial charge in [-0.05, 0) is 19.1 Å². The van der Waals surface area contributed by atoms with Gasteiger partial charge < -0.3 is 15.2 Å². The summed E-state index contributed by atoms with van der Waals surface area (Å²) in [7, 11) is 0. The second kappa shape index (κ2) is 6.62. The minimum absolute atomic E-state index is 0.0877. The minimum atomic E-state index is -0.101. The average Bonchev–Trinajstić information content (AvgIpc) is 2.81. The third kappa shape index (κ3) is 3.64. The Labute approximate surface area is 124 Å². The van der Waals surface area contributed by atoms with Crippen LogP contribution in [-0.4, -0.2) is 34.8 Å². The number of ether oxygens (including phenoxy) is 1. The number of hydrogen-bond acceptors (Lipinski definition) is 6. The average molecular weight is 314 g/mol. The van der Waals surface area contributed by atoms with Crippen molar-refractivity contribution >= 4 is 40.7 Å². The molecule has 1 amide bonds. The second-order valence-electron chi connectivity index (χ2n) is 3.77. The number of rotatable bonds is 4. The van der Waals surface area contributed by atoms with Gasteiger partial charge in [-0.1, -0.05) is 23.4 Å². The zero-order chi connectivity index (χ0) is 14.5. The Hall–Kier alpha value is -1.73. The van der Waals surface area contributed by atoms with Gasteiger partial charge in [-0.25, -0.2) is 0 Å². The molecule has 1 aromatic rings. The van der Waals surface area contributed by atoms with Gasteiger partial charge in [0, 0.05) is 5.56 Å². The van der Waals surface area contributed by atoms with E-state index in [1.807, 2.05) is 0 Å². The highest BCUT2D eigenvalue weighted by Crippen LogP contribution is 2.34. The quantitative estimate of drug-likeness (QED) is 0.658. The maximum Gasteiger partial charge on any atom is 0.236 e. The van der Waals surface area contributed by atoms with E-state index in [4.69, 9.17) is 16.3 Å². The third-order valence-electron chi connectivity index (χ3n) is 2.29. The number of nitrogens with zero attached hydrogens (tertiary/aromatic N) is 2. The summed E-state index contributed by atoms with van der Waals surface area (Å²) < 4.78 is 5.26.